The van der Waals surface area contributed by atoms with E-state index < -0.39 is 0 Å². The SMILES string of the molecule is CC(C)c1ccccc1NC(=S)NCCCN1CCOCC1. The van der Waals surface area contributed by atoms with E-state index in [4.69, 9.17) is 17.0 Å². The lowest BCUT2D eigenvalue weighted by Crippen LogP contribution is -2.38. The summed E-state index contributed by atoms with van der Waals surface area (Å²) in [6.07, 6.45) is 1.09. The van der Waals surface area contributed by atoms with Gasteiger partial charge in [0.1, 0.15) is 0 Å². The van der Waals surface area contributed by atoms with Crippen LogP contribution >= 0.6 is 12.2 Å². The van der Waals surface area contributed by atoms with E-state index in [2.05, 4.69) is 47.6 Å². The Morgan fingerprint density at radius 2 is 2.00 bits per heavy atom. The minimum atomic E-state index is 0.479. The van der Waals surface area contributed by atoms with Gasteiger partial charge in [-0.2, -0.15) is 0 Å². The van der Waals surface area contributed by atoms with Gasteiger partial charge in [0.15, 0.2) is 5.11 Å². The van der Waals surface area contributed by atoms with E-state index in [9.17, 15) is 0 Å². The second-order valence-electron chi connectivity index (χ2n) is 5.93. The Balaban J connectivity index is 1.69. The van der Waals surface area contributed by atoms with Crippen molar-refractivity contribution in [2.45, 2.75) is 26.2 Å². The molecular weight excluding hydrogens is 294 g/mol. The zero-order chi connectivity index (χ0) is 15.8. The van der Waals surface area contributed by atoms with E-state index >= 15 is 0 Å². The number of anilines is 1. The molecule has 0 bridgehead atoms. The van der Waals surface area contributed by atoms with Crippen LogP contribution in [0.15, 0.2) is 24.3 Å². The molecule has 4 nitrogen and oxygen atoms in total. The molecular formula is C17H27N3OS. The van der Waals surface area contributed by atoms with Crippen LogP contribution in [0.1, 0.15) is 31.7 Å². The third-order valence-electron chi connectivity index (χ3n) is 3.87. The van der Waals surface area contributed by atoms with Gasteiger partial charge >= 0.3 is 0 Å². The number of morpholine rings is 1. The molecule has 1 aliphatic heterocycles. The summed E-state index contributed by atoms with van der Waals surface area (Å²) < 4.78 is 5.35. The van der Waals surface area contributed by atoms with Crippen molar-refractivity contribution < 1.29 is 4.74 Å². The van der Waals surface area contributed by atoms with Crippen molar-refractivity contribution in [3.05, 3.63) is 29.8 Å². The average Bonchev–Trinajstić information content (AvgIpc) is 2.53. The molecule has 2 N–H and O–H groups in total. The highest BCUT2D eigenvalue weighted by Gasteiger charge is 2.10. The van der Waals surface area contributed by atoms with Crippen LogP contribution in [-0.2, 0) is 4.74 Å². The van der Waals surface area contributed by atoms with Crippen molar-refractivity contribution in [3.8, 4) is 0 Å². The third-order valence-corrected chi connectivity index (χ3v) is 4.12. The zero-order valence-corrected chi connectivity index (χ0v) is 14.4. The van der Waals surface area contributed by atoms with Crippen molar-refractivity contribution in [2.24, 2.45) is 0 Å². The number of para-hydroxylation sites is 1. The van der Waals surface area contributed by atoms with Gasteiger partial charge in [0.25, 0.3) is 0 Å². The number of ether oxygens (including phenoxy) is 1. The number of rotatable bonds is 6. The minimum Gasteiger partial charge on any atom is -0.379 e. The van der Waals surface area contributed by atoms with Crippen LogP contribution in [0.3, 0.4) is 0 Å². The maximum atomic E-state index is 5.40. The van der Waals surface area contributed by atoms with E-state index in [0.29, 0.717) is 11.0 Å². The molecule has 1 aliphatic rings. The van der Waals surface area contributed by atoms with E-state index in [0.717, 1.165) is 51.5 Å². The fraction of sp³-hybridized carbons (Fsp3) is 0.588. The maximum absolute atomic E-state index is 5.40. The Morgan fingerprint density at radius 1 is 1.27 bits per heavy atom. The molecule has 1 saturated heterocycles. The third kappa shape index (κ3) is 5.55. The molecule has 2 rings (SSSR count). The van der Waals surface area contributed by atoms with Gasteiger partial charge in [-0.05, 0) is 42.7 Å². The normalized spacial score (nSPS) is 15.8. The Kier molecular flexibility index (Phi) is 7.09. The molecule has 0 aliphatic carbocycles. The molecule has 22 heavy (non-hydrogen) atoms. The molecule has 0 atom stereocenters. The van der Waals surface area contributed by atoms with Crippen LogP contribution in [0.25, 0.3) is 0 Å². The van der Waals surface area contributed by atoms with Crippen LogP contribution in [0.5, 0.6) is 0 Å². The van der Waals surface area contributed by atoms with Gasteiger partial charge in [-0.3, -0.25) is 4.90 Å². The molecule has 0 saturated carbocycles. The summed E-state index contributed by atoms with van der Waals surface area (Å²) in [5.74, 6) is 0.479. The monoisotopic (exact) mass is 321 g/mol. The minimum absolute atomic E-state index is 0.479. The van der Waals surface area contributed by atoms with Gasteiger partial charge in [0.2, 0.25) is 0 Å². The van der Waals surface area contributed by atoms with Gasteiger partial charge in [0.05, 0.1) is 13.2 Å². The number of hydrogen-bond acceptors (Lipinski definition) is 3. The van der Waals surface area contributed by atoms with Gasteiger partial charge < -0.3 is 15.4 Å². The molecule has 1 aromatic carbocycles. The Morgan fingerprint density at radius 3 is 2.73 bits per heavy atom. The van der Waals surface area contributed by atoms with Crippen molar-refractivity contribution in [3.63, 3.8) is 0 Å². The van der Waals surface area contributed by atoms with E-state index in [1.54, 1.807) is 0 Å². The van der Waals surface area contributed by atoms with Gasteiger partial charge in [-0.25, -0.2) is 0 Å². The summed E-state index contributed by atoms with van der Waals surface area (Å²) in [5, 5.41) is 7.32. The molecule has 1 fully saturated rings. The highest BCUT2D eigenvalue weighted by atomic mass is 32.1. The van der Waals surface area contributed by atoms with Crippen molar-refractivity contribution in [1.29, 1.82) is 0 Å². The number of nitrogens with zero attached hydrogens (tertiary/aromatic N) is 1. The topological polar surface area (TPSA) is 36.5 Å². The first-order valence-corrected chi connectivity index (χ1v) is 8.51. The highest BCUT2D eigenvalue weighted by Crippen LogP contribution is 2.23. The maximum Gasteiger partial charge on any atom is 0.170 e. The average molecular weight is 321 g/mol. The van der Waals surface area contributed by atoms with E-state index in [1.165, 1.54) is 5.56 Å². The summed E-state index contributed by atoms with van der Waals surface area (Å²) in [5.41, 5.74) is 2.39. The summed E-state index contributed by atoms with van der Waals surface area (Å²) in [7, 11) is 0. The second-order valence-corrected chi connectivity index (χ2v) is 6.34. The fourth-order valence-electron chi connectivity index (χ4n) is 2.61. The van der Waals surface area contributed by atoms with Gasteiger partial charge in [-0.1, -0.05) is 32.0 Å². The lowest BCUT2D eigenvalue weighted by molar-refractivity contribution is 0.0376. The smallest absolute Gasteiger partial charge is 0.170 e. The standard InChI is InChI=1S/C17H27N3OS/c1-14(2)15-6-3-4-7-16(15)19-17(22)18-8-5-9-20-10-12-21-13-11-20/h3-4,6-7,14H,5,8-13H2,1-2H3,(H2,18,19,22). The number of thiocarbonyl (C=S) groups is 1. The molecule has 0 spiro atoms. The Hall–Kier alpha value is -1.17. The number of hydrogen-bond donors (Lipinski definition) is 2. The molecule has 0 unspecified atom stereocenters. The summed E-state index contributed by atoms with van der Waals surface area (Å²) in [6, 6.07) is 8.33. The predicted molar refractivity (Wildman–Crippen MR) is 96.6 cm³/mol. The molecule has 5 heteroatoms. The molecule has 1 heterocycles. The molecule has 122 valence electrons. The first-order chi connectivity index (χ1) is 10.7. The lowest BCUT2D eigenvalue weighted by Gasteiger charge is -2.26. The fourth-order valence-corrected chi connectivity index (χ4v) is 2.82. The largest absolute Gasteiger partial charge is 0.379 e. The summed E-state index contributed by atoms with van der Waals surface area (Å²) >= 11 is 5.40. The summed E-state index contributed by atoms with van der Waals surface area (Å²) in [6.45, 7) is 10.2. The van der Waals surface area contributed by atoms with Crippen LogP contribution in [0.2, 0.25) is 0 Å². The summed E-state index contributed by atoms with van der Waals surface area (Å²) in [4.78, 5) is 2.44. The molecule has 0 radical (unpaired) electrons. The molecule has 0 amide bonds. The van der Waals surface area contributed by atoms with Crippen LogP contribution in [0.4, 0.5) is 5.69 Å². The first kappa shape index (κ1) is 17.2. The highest BCUT2D eigenvalue weighted by molar-refractivity contribution is 7.80. The zero-order valence-electron chi connectivity index (χ0n) is 13.6. The second kappa shape index (κ2) is 9.08. The number of nitrogens with one attached hydrogen (secondary N) is 2. The van der Waals surface area contributed by atoms with Crippen molar-refractivity contribution in [2.75, 3.05) is 44.7 Å². The molecule has 0 aromatic heterocycles. The first-order valence-electron chi connectivity index (χ1n) is 8.10. The van der Waals surface area contributed by atoms with Crippen molar-refractivity contribution in [1.82, 2.24) is 10.2 Å². The van der Waals surface area contributed by atoms with Gasteiger partial charge in [-0.15, -0.1) is 0 Å². The van der Waals surface area contributed by atoms with Crippen molar-refractivity contribution >= 4 is 23.0 Å². The number of benzene rings is 1. The Bertz CT molecular complexity index is 473. The van der Waals surface area contributed by atoms with Crippen LogP contribution < -0.4 is 10.6 Å². The lowest BCUT2D eigenvalue weighted by atomic mass is 10.0. The van der Waals surface area contributed by atoms with E-state index in [-0.39, 0.29) is 0 Å². The van der Waals surface area contributed by atoms with Crippen LogP contribution in [-0.4, -0.2) is 49.4 Å². The molecule has 1 aromatic rings. The quantitative estimate of drug-likeness (QED) is 0.622. The van der Waals surface area contributed by atoms with Crippen LogP contribution in [0, 0.1) is 0 Å². The van der Waals surface area contributed by atoms with E-state index in [1.807, 2.05) is 6.07 Å². The van der Waals surface area contributed by atoms with Gasteiger partial charge in [0, 0.05) is 25.3 Å². The Labute approximate surface area is 139 Å². The predicted octanol–water partition coefficient (Wildman–Crippen LogP) is 2.82.